The predicted octanol–water partition coefficient (Wildman–Crippen LogP) is 4.15. The van der Waals surface area contributed by atoms with Crippen LogP contribution in [0.1, 0.15) is 56.0 Å². The molecule has 1 heterocycles. The van der Waals surface area contributed by atoms with Crippen LogP contribution in [0.4, 0.5) is 5.82 Å². The molecule has 0 aliphatic heterocycles. The van der Waals surface area contributed by atoms with Gasteiger partial charge in [0.15, 0.2) is 5.82 Å². The van der Waals surface area contributed by atoms with Crippen molar-refractivity contribution in [2.75, 3.05) is 12.4 Å². The second-order valence-corrected chi connectivity index (χ2v) is 7.09. The van der Waals surface area contributed by atoms with Crippen molar-refractivity contribution in [3.63, 3.8) is 0 Å². The number of hydrogen-bond donors (Lipinski definition) is 1. The van der Waals surface area contributed by atoms with Crippen LogP contribution in [0.15, 0.2) is 24.3 Å². The number of rotatable bonds is 6. The zero-order chi connectivity index (χ0) is 18.2. The van der Waals surface area contributed by atoms with Crippen molar-refractivity contribution < 1.29 is 9.53 Å². The zero-order valence-corrected chi connectivity index (χ0v) is 15.7. The number of amides is 1. The third-order valence-electron chi connectivity index (χ3n) is 5.32. The van der Waals surface area contributed by atoms with Crippen molar-refractivity contribution in [3.8, 4) is 5.75 Å². The fourth-order valence-corrected chi connectivity index (χ4v) is 3.29. The van der Waals surface area contributed by atoms with Crippen molar-refractivity contribution in [1.82, 2.24) is 9.78 Å². The normalized spacial score (nSPS) is 16.4. The molecule has 1 atom stereocenters. The Hall–Kier alpha value is -2.30. The Morgan fingerprint density at radius 3 is 2.68 bits per heavy atom. The van der Waals surface area contributed by atoms with Crippen LogP contribution in [-0.2, 0) is 10.2 Å². The number of carbonyl (C=O) groups is 1. The number of carbonyl (C=O) groups excluding carboxylic acids is 1. The molecule has 1 N–H and O–H groups in total. The van der Waals surface area contributed by atoms with Crippen LogP contribution in [0.25, 0.3) is 0 Å². The lowest BCUT2D eigenvalue weighted by molar-refractivity contribution is -0.118. The Balaban J connectivity index is 1.81. The molecular formula is C20H27N3O2. The van der Waals surface area contributed by atoms with E-state index in [9.17, 15) is 4.79 Å². The third-order valence-corrected chi connectivity index (χ3v) is 5.32. The molecule has 1 aliphatic rings. The molecule has 2 aromatic rings. The van der Waals surface area contributed by atoms with E-state index in [0.29, 0.717) is 11.9 Å². The van der Waals surface area contributed by atoms with Crippen LogP contribution in [0.3, 0.4) is 0 Å². The first-order valence-corrected chi connectivity index (χ1v) is 8.94. The van der Waals surface area contributed by atoms with Crippen molar-refractivity contribution in [2.24, 2.45) is 0 Å². The van der Waals surface area contributed by atoms with Gasteiger partial charge in [0.05, 0.1) is 12.5 Å². The number of nitrogens with one attached hydrogen (secondary N) is 1. The van der Waals surface area contributed by atoms with E-state index >= 15 is 0 Å². The van der Waals surface area contributed by atoms with E-state index in [0.717, 1.165) is 41.8 Å². The van der Waals surface area contributed by atoms with E-state index in [1.54, 1.807) is 7.11 Å². The van der Waals surface area contributed by atoms with Crippen molar-refractivity contribution >= 4 is 11.7 Å². The van der Waals surface area contributed by atoms with Gasteiger partial charge in [-0.3, -0.25) is 9.48 Å². The largest absolute Gasteiger partial charge is 0.496 e. The van der Waals surface area contributed by atoms with E-state index in [4.69, 9.17) is 4.74 Å². The topological polar surface area (TPSA) is 56.2 Å². The van der Waals surface area contributed by atoms with Gasteiger partial charge in [0.25, 0.3) is 0 Å². The minimum atomic E-state index is -0.449. The van der Waals surface area contributed by atoms with Gasteiger partial charge in [-0.15, -0.1) is 0 Å². The maximum Gasteiger partial charge on any atom is 0.236 e. The molecule has 1 fully saturated rings. The van der Waals surface area contributed by atoms with Gasteiger partial charge in [0.2, 0.25) is 5.91 Å². The Kier molecular flexibility index (Phi) is 4.58. The minimum absolute atomic E-state index is 0.0206. The molecule has 5 heteroatoms. The number of anilines is 1. The molecule has 1 aromatic carbocycles. The second-order valence-electron chi connectivity index (χ2n) is 7.09. The summed E-state index contributed by atoms with van der Waals surface area (Å²) in [6, 6.07) is 8.30. The highest BCUT2D eigenvalue weighted by atomic mass is 16.5. The van der Waals surface area contributed by atoms with E-state index in [-0.39, 0.29) is 5.91 Å². The second kappa shape index (κ2) is 6.54. The molecule has 1 aliphatic carbocycles. The number of nitrogens with zero attached hydrogens (tertiary/aromatic N) is 2. The van der Waals surface area contributed by atoms with Gasteiger partial charge in [-0.05, 0) is 57.2 Å². The number of methoxy groups -OCH3 is 1. The van der Waals surface area contributed by atoms with Gasteiger partial charge in [0, 0.05) is 17.8 Å². The summed E-state index contributed by atoms with van der Waals surface area (Å²) >= 11 is 0. The molecule has 134 valence electrons. The molecule has 1 aromatic heterocycles. The maximum atomic E-state index is 12.9. The Morgan fingerprint density at radius 2 is 2.08 bits per heavy atom. The first-order chi connectivity index (χ1) is 11.9. The third kappa shape index (κ3) is 3.15. The molecule has 3 rings (SSSR count). The summed E-state index contributed by atoms with van der Waals surface area (Å²) in [5.41, 5.74) is 2.71. The fraction of sp³-hybridized carbons (Fsp3) is 0.500. The average molecular weight is 341 g/mol. The zero-order valence-electron chi connectivity index (χ0n) is 15.7. The summed E-state index contributed by atoms with van der Waals surface area (Å²) in [6.07, 6.45) is 2.72. The summed E-state index contributed by atoms with van der Waals surface area (Å²) < 4.78 is 7.39. The Morgan fingerprint density at radius 1 is 1.36 bits per heavy atom. The van der Waals surface area contributed by atoms with E-state index in [1.165, 1.54) is 0 Å². The SMILES string of the molecule is CCC(C)n1nc(NC(=O)C2(c3ccc(C)c(OC)c3)CC2)cc1C. The number of ether oxygens (including phenoxy) is 1. The van der Waals surface area contributed by atoms with Gasteiger partial charge in [0.1, 0.15) is 5.75 Å². The number of benzene rings is 1. The standard InChI is InChI=1S/C20H27N3O2/c1-6-14(3)23-15(4)11-18(22-23)21-19(24)20(9-10-20)16-8-7-13(2)17(12-16)25-5/h7-8,11-12,14H,6,9-10H2,1-5H3,(H,21,22,24). The van der Waals surface area contributed by atoms with E-state index in [2.05, 4.69) is 24.3 Å². The average Bonchev–Trinajstić information content (AvgIpc) is 3.33. The molecule has 0 saturated heterocycles. The van der Waals surface area contributed by atoms with Crippen LogP contribution in [0, 0.1) is 13.8 Å². The van der Waals surface area contributed by atoms with Gasteiger partial charge < -0.3 is 10.1 Å². The highest BCUT2D eigenvalue weighted by Crippen LogP contribution is 2.50. The number of aryl methyl sites for hydroxylation is 2. The molecule has 25 heavy (non-hydrogen) atoms. The molecular weight excluding hydrogens is 314 g/mol. The molecule has 1 amide bonds. The fourth-order valence-electron chi connectivity index (χ4n) is 3.29. The van der Waals surface area contributed by atoms with Crippen LogP contribution >= 0.6 is 0 Å². The van der Waals surface area contributed by atoms with Crippen LogP contribution in [0.5, 0.6) is 5.75 Å². The summed E-state index contributed by atoms with van der Waals surface area (Å²) in [5.74, 6) is 1.48. The quantitative estimate of drug-likeness (QED) is 0.859. The van der Waals surface area contributed by atoms with E-state index < -0.39 is 5.41 Å². The Bertz CT molecular complexity index is 790. The molecule has 5 nitrogen and oxygen atoms in total. The number of hydrogen-bond acceptors (Lipinski definition) is 3. The monoisotopic (exact) mass is 341 g/mol. The molecule has 0 radical (unpaired) electrons. The molecule has 1 unspecified atom stereocenters. The number of aromatic nitrogens is 2. The van der Waals surface area contributed by atoms with Gasteiger partial charge >= 0.3 is 0 Å². The molecule has 0 bridgehead atoms. The summed E-state index contributed by atoms with van der Waals surface area (Å²) in [7, 11) is 1.66. The Labute approximate surface area is 149 Å². The summed E-state index contributed by atoms with van der Waals surface area (Å²) in [5, 5.41) is 7.59. The van der Waals surface area contributed by atoms with Crippen LogP contribution in [-0.4, -0.2) is 22.8 Å². The lowest BCUT2D eigenvalue weighted by atomic mass is 9.93. The van der Waals surface area contributed by atoms with Crippen molar-refractivity contribution in [2.45, 2.75) is 58.4 Å². The summed E-state index contributed by atoms with van der Waals surface area (Å²) in [6.45, 7) is 8.29. The van der Waals surface area contributed by atoms with Crippen LogP contribution in [0.2, 0.25) is 0 Å². The van der Waals surface area contributed by atoms with Crippen LogP contribution < -0.4 is 10.1 Å². The lowest BCUT2D eigenvalue weighted by Crippen LogP contribution is -2.28. The van der Waals surface area contributed by atoms with Gasteiger partial charge in [-0.2, -0.15) is 5.10 Å². The van der Waals surface area contributed by atoms with E-state index in [1.807, 2.05) is 42.8 Å². The summed E-state index contributed by atoms with van der Waals surface area (Å²) in [4.78, 5) is 12.9. The van der Waals surface area contributed by atoms with Gasteiger partial charge in [-0.1, -0.05) is 19.1 Å². The van der Waals surface area contributed by atoms with Gasteiger partial charge in [-0.25, -0.2) is 0 Å². The highest BCUT2D eigenvalue weighted by molar-refractivity contribution is 6.01. The lowest BCUT2D eigenvalue weighted by Gasteiger charge is -2.17. The molecule has 0 spiro atoms. The first-order valence-electron chi connectivity index (χ1n) is 8.94. The molecule has 1 saturated carbocycles. The highest BCUT2D eigenvalue weighted by Gasteiger charge is 2.51. The maximum absolute atomic E-state index is 12.9. The first kappa shape index (κ1) is 17.5. The van der Waals surface area contributed by atoms with Crippen molar-refractivity contribution in [3.05, 3.63) is 41.1 Å². The minimum Gasteiger partial charge on any atom is -0.496 e. The smallest absolute Gasteiger partial charge is 0.236 e. The predicted molar refractivity (Wildman–Crippen MR) is 99.2 cm³/mol. The van der Waals surface area contributed by atoms with Crippen molar-refractivity contribution in [1.29, 1.82) is 0 Å².